The Hall–Kier alpha value is -0.610. The van der Waals surface area contributed by atoms with Crippen molar-refractivity contribution in [2.24, 2.45) is 11.5 Å². The third-order valence-electron chi connectivity index (χ3n) is 1.60. The fraction of sp³-hybridized carbons (Fsp3) is 0.875. The van der Waals surface area contributed by atoms with E-state index >= 15 is 0 Å². The molecule has 4 N–H and O–H groups in total. The first-order chi connectivity index (χ1) is 5.54. The van der Waals surface area contributed by atoms with Gasteiger partial charge in [0.1, 0.15) is 0 Å². The zero-order valence-electron chi connectivity index (χ0n) is 7.80. The molecule has 0 heterocycles. The van der Waals surface area contributed by atoms with Crippen molar-refractivity contribution in [1.82, 2.24) is 0 Å². The van der Waals surface area contributed by atoms with E-state index in [0.29, 0.717) is 13.0 Å². The maximum absolute atomic E-state index is 11.1. The summed E-state index contributed by atoms with van der Waals surface area (Å²) < 4.78 is 4.71. The Labute approximate surface area is 73.2 Å². The lowest BCUT2D eigenvalue weighted by molar-refractivity contribution is -0.149. The van der Waals surface area contributed by atoms with E-state index < -0.39 is 11.6 Å². The van der Waals surface area contributed by atoms with Crippen LogP contribution in [0.2, 0.25) is 0 Å². The second-order valence-electron chi connectivity index (χ2n) is 2.86. The van der Waals surface area contributed by atoms with Crippen LogP contribution in [0.3, 0.4) is 0 Å². The number of rotatable bonds is 5. The summed E-state index contributed by atoms with van der Waals surface area (Å²) in [6.45, 7) is 4.07. The molecule has 0 unspecified atom stereocenters. The van der Waals surface area contributed by atoms with Crippen LogP contribution >= 0.6 is 0 Å². The summed E-state index contributed by atoms with van der Waals surface area (Å²) in [5.41, 5.74) is 9.77. The summed E-state index contributed by atoms with van der Waals surface area (Å²) in [6, 6.07) is 0. The van der Waals surface area contributed by atoms with Crippen molar-refractivity contribution in [2.45, 2.75) is 38.8 Å². The molecule has 72 valence electrons. The van der Waals surface area contributed by atoms with Crippen molar-refractivity contribution in [3.63, 3.8) is 0 Å². The summed E-state index contributed by atoms with van der Waals surface area (Å²) in [5.74, 6) is -0.515. The van der Waals surface area contributed by atoms with Gasteiger partial charge in [0.2, 0.25) is 0 Å². The van der Waals surface area contributed by atoms with Gasteiger partial charge in [-0.25, -0.2) is 4.79 Å². The Kier molecular flexibility index (Phi) is 4.85. The van der Waals surface area contributed by atoms with E-state index in [-0.39, 0.29) is 0 Å². The Morgan fingerprint density at radius 2 is 2.00 bits per heavy atom. The molecule has 0 fully saturated rings. The summed E-state index contributed by atoms with van der Waals surface area (Å²) in [7, 11) is 0. The molecule has 4 heteroatoms. The molecule has 0 amide bonds. The molecule has 0 aromatic rings. The SMILES string of the molecule is CCCCC(N)(N)C(=O)OCC. The first-order valence-electron chi connectivity index (χ1n) is 4.29. The van der Waals surface area contributed by atoms with Crippen LogP contribution in [0.5, 0.6) is 0 Å². The van der Waals surface area contributed by atoms with Gasteiger partial charge in [0.05, 0.1) is 6.61 Å². The molecule has 0 spiro atoms. The largest absolute Gasteiger partial charge is 0.464 e. The summed E-state index contributed by atoms with van der Waals surface area (Å²) in [4.78, 5) is 11.1. The average molecular weight is 174 g/mol. The van der Waals surface area contributed by atoms with Gasteiger partial charge in [-0.05, 0) is 19.8 Å². The molecule has 0 saturated carbocycles. The predicted octanol–water partition coefficient (Wildman–Crippen LogP) is 0.353. The quantitative estimate of drug-likeness (QED) is 0.465. The van der Waals surface area contributed by atoms with Crippen molar-refractivity contribution in [3.05, 3.63) is 0 Å². The van der Waals surface area contributed by atoms with Crippen LogP contribution in [0.4, 0.5) is 0 Å². The van der Waals surface area contributed by atoms with E-state index in [0.717, 1.165) is 12.8 Å². The molecule has 12 heavy (non-hydrogen) atoms. The van der Waals surface area contributed by atoms with Crippen molar-refractivity contribution < 1.29 is 9.53 Å². The van der Waals surface area contributed by atoms with Crippen LogP contribution in [0.15, 0.2) is 0 Å². The second-order valence-corrected chi connectivity index (χ2v) is 2.86. The third-order valence-corrected chi connectivity index (χ3v) is 1.60. The van der Waals surface area contributed by atoms with Crippen LogP contribution in [0, 0.1) is 0 Å². The highest BCUT2D eigenvalue weighted by molar-refractivity contribution is 5.79. The maximum Gasteiger partial charge on any atom is 0.340 e. The van der Waals surface area contributed by atoms with Crippen LogP contribution in [-0.4, -0.2) is 18.2 Å². The Morgan fingerprint density at radius 1 is 1.42 bits per heavy atom. The third kappa shape index (κ3) is 3.69. The lowest BCUT2D eigenvalue weighted by Crippen LogP contribution is -2.57. The topological polar surface area (TPSA) is 78.3 Å². The highest BCUT2D eigenvalue weighted by atomic mass is 16.5. The average Bonchev–Trinajstić information content (AvgIpc) is 2.01. The minimum atomic E-state index is -1.30. The number of carbonyl (C=O) groups is 1. The lowest BCUT2D eigenvalue weighted by Gasteiger charge is -2.21. The zero-order valence-corrected chi connectivity index (χ0v) is 7.80. The Morgan fingerprint density at radius 3 is 2.42 bits per heavy atom. The summed E-state index contributed by atoms with van der Waals surface area (Å²) >= 11 is 0. The van der Waals surface area contributed by atoms with E-state index in [1.54, 1.807) is 6.92 Å². The van der Waals surface area contributed by atoms with Gasteiger partial charge in [0.25, 0.3) is 0 Å². The van der Waals surface area contributed by atoms with E-state index in [4.69, 9.17) is 16.2 Å². The van der Waals surface area contributed by atoms with Gasteiger partial charge in [0, 0.05) is 0 Å². The second kappa shape index (κ2) is 5.11. The number of hydrogen-bond acceptors (Lipinski definition) is 4. The van der Waals surface area contributed by atoms with Gasteiger partial charge >= 0.3 is 5.97 Å². The number of esters is 1. The maximum atomic E-state index is 11.1. The van der Waals surface area contributed by atoms with Crippen LogP contribution < -0.4 is 11.5 Å². The molecule has 0 atom stereocenters. The lowest BCUT2D eigenvalue weighted by atomic mass is 10.1. The molecule has 0 aromatic heterocycles. The van der Waals surface area contributed by atoms with E-state index in [9.17, 15) is 4.79 Å². The predicted molar refractivity (Wildman–Crippen MR) is 47.3 cm³/mol. The molecular formula is C8H18N2O2. The highest BCUT2D eigenvalue weighted by Gasteiger charge is 2.29. The van der Waals surface area contributed by atoms with E-state index in [2.05, 4.69) is 0 Å². The van der Waals surface area contributed by atoms with Gasteiger partial charge in [-0.1, -0.05) is 13.3 Å². The molecular weight excluding hydrogens is 156 g/mol. The first-order valence-corrected chi connectivity index (χ1v) is 4.29. The van der Waals surface area contributed by atoms with Crippen molar-refractivity contribution in [2.75, 3.05) is 6.61 Å². The van der Waals surface area contributed by atoms with Crippen molar-refractivity contribution in [3.8, 4) is 0 Å². The van der Waals surface area contributed by atoms with Gasteiger partial charge in [-0.15, -0.1) is 0 Å². The number of ether oxygens (including phenoxy) is 1. The van der Waals surface area contributed by atoms with E-state index in [1.807, 2.05) is 6.92 Å². The molecule has 0 rings (SSSR count). The van der Waals surface area contributed by atoms with Gasteiger partial charge in [-0.2, -0.15) is 0 Å². The number of carbonyl (C=O) groups excluding carboxylic acids is 1. The Balaban J connectivity index is 3.90. The van der Waals surface area contributed by atoms with Crippen LogP contribution in [0.25, 0.3) is 0 Å². The molecule has 0 aliphatic heterocycles. The molecule has 0 radical (unpaired) electrons. The molecule has 0 aromatic carbocycles. The minimum absolute atomic E-state index is 0.321. The van der Waals surface area contributed by atoms with Gasteiger partial charge < -0.3 is 16.2 Å². The smallest absolute Gasteiger partial charge is 0.340 e. The number of nitrogens with two attached hydrogens (primary N) is 2. The van der Waals surface area contributed by atoms with Crippen LogP contribution in [-0.2, 0) is 9.53 Å². The summed E-state index contributed by atoms with van der Waals surface area (Å²) in [6.07, 6.45) is 2.28. The molecule has 0 saturated heterocycles. The summed E-state index contributed by atoms with van der Waals surface area (Å²) in [5, 5.41) is 0. The van der Waals surface area contributed by atoms with Gasteiger partial charge in [0.15, 0.2) is 5.66 Å². The molecule has 4 nitrogen and oxygen atoms in total. The highest BCUT2D eigenvalue weighted by Crippen LogP contribution is 2.06. The Bertz CT molecular complexity index is 146. The molecule has 0 aliphatic carbocycles. The fourth-order valence-corrected chi connectivity index (χ4v) is 0.837. The minimum Gasteiger partial charge on any atom is -0.464 e. The van der Waals surface area contributed by atoms with E-state index in [1.165, 1.54) is 0 Å². The monoisotopic (exact) mass is 174 g/mol. The number of hydrogen-bond donors (Lipinski definition) is 2. The van der Waals surface area contributed by atoms with Crippen molar-refractivity contribution in [1.29, 1.82) is 0 Å². The zero-order chi connectivity index (χ0) is 9.61. The molecule has 0 bridgehead atoms. The number of unbranched alkanes of at least 4 members (excludes halogenated alkanes) is 1. The standard InChI is InChI=1S/C8H18N2O2/c1-3-5-6-8(9,10)7(11)12-4-2/h3-6,9-10H2,1-2H3. The fourth-order valence-electron chi connectivity index (χ4n) is 0.837. The normalized spacial score (nSPS) is 11.3. The van der Waals surface area contributed by atoms with Gasteiger partial charge in [-0.3, -0.25) is 0 Å². The van der Waals surface area contributed by atoms with Crippen molar-refractivity contribution >= 4 is 5.97 Å². The first kappa shape index (κ1) is 11.4. The van der Waals surface area contributed by atoms with Crippen LogP contribution in [0.1, 0.15) is 33.1 Å². The molecule has 0 aliphatic rings.